The van der Waals surface area contributed by atoms with Crippen LogP contribution in [0.4, 0.5) is 11.6 Å². The highest BCUT2D eigenvalue weighted by atomic mass is 32.2. The van der Waals surface area contributed by atoms with Gasteiger partial charge in [0.05, 0.1) is 0 Å². The SMILES string of the molecule is Cc1cc(Nc2nc(SC3=CCCC=C3)nn3cccc23)n[nH]1. The number of nitrogens with one attached hydrogen (secondary N) is 2. The number of H-pyrrole nitrogens is 1. The lowest BCUT2D eigenvalue weighted by molar-refractivity contribution is 0.802. The van der Waals surface area contributed by atoms with E-state index in [2.05, 4.69) is 43.8 Å². The summed E-state index contributed by atoms with van der Waals surface area (Å²) in [4.78, 5) is 5.85. The lowest BCUT2D eigenvalue weighted by atomic mass is 10.2. The molecule has 3 aromatic rings. The van der Waals surface area contributed by atoms with Gasteiger partial charge < -0.3 is 5.32 Å². The van der Waals surface area contributed by atoms with E-state index in [4.69, 9.17) is 0 Å². The Morgan fingerprint density at radius 1 is 1.35 bits per heavy atom. The van der Waals surface area contributed by atoms with Crippen molar-refractivity contribution in [3.05, 3.63) is 53.2 Å². The fourth-order valence-corrected chi connectivity index (χ4v) is 3.27. The molecule has 0 fully saturated rings. The zero-order valence-corrected chi connectivity index (χ0v) is 13.5. The third-order valence-corrected chi connectivity index (χ3v) is 4.39. The molecule has 4 rings (SSSR count). The molecule has 2 N–H and O–H groups in total. The molecule has 116 valence electrons. The second-order valence-electron chi connectivity index (χ2n) is 5.33. The topological polar surface area (TPSA) is 70.9 Å². The quantitative estimate of drug-likeness (QED) is 0.763. The van der Waals surface area contributed by atoms with Gasteiger partial charge in [-0.1, -0.05) is 18.2 Å². The molecule has 0 aromatic carbocycles. The van der Waals surface area contributed by atoms with Crippen LogP contribution in [0.5, 0.6) is 0 Å². The average Bonchev–Trinajstić information content (AvgIpc) is 3.17. The summed E-state index contributed by atoms with van der Waals surface area (Å²) in [5, 5.41) is 15.7. The van der Waals surface area contributed by atoms with Crippen molar-refractivity contribution in [2.75, 3.05) is 5.32 Å². The average molecular weight is 324 g/mol. The number of anilines is 2. The van der Waals surface area contributed by atoms with E-state index < -0.39 is 0 Å². The summed E-state index contributed by atoms with van der Waals surface area (Å²) in [6.07, 6.45) is 10.6. The minimum Gasteiger partial charge on any atom is -0.322 e. The number of hydrogen-bond donors (Lipinski definition) is 2. The van der Waals surface area contributed by atoms with Gasteiger partial charge in [0.15, 0.2) is 11.6 Å². The molecule has 0 radical (unpaired) electrons. The molecule has 6 nitrogen and oxygen atoms in total. The summed E-state index contributed by atoms with van der Waals surface area (Å²) >= 11 is 1.58. The Balaban J connectivity index is 1.69. The van der Waals surface area contributed by atoms with Crippen LogP contribution in [0, 0.1) is 6.92 Å². The molecule has 0 amide bonds. The highest BCUT2D eigenvalue weighted by Gasteiger charge is 2.11. The van der Waals surface area contributed by atoms with Crippen molar-refractivity contribution in [3.8, 4) is 0 Å². The molecule has 3 aromatic heterocycles. The monoisotopic (exact) mass is 324 g/mol. The van der Waals surface area contributed by atoms with Gasteiger partial charge in [-0.25, -0.2) is 9.50 Å². The number of thioether (sulfide) groups is 1. The maximum atomic E-state index is 4.66. The molecular weight excluding hydrogens is 308 g/mol. The van der Waals surface area contributed by atoms with Crippen LogP contribution < -0.4 is 5.32 Å². The zero-order chi connectivity index (χ0) is 15.6. The van der Waals surface area contributed by atoms with Crippen LogP contribution in [0.25, 0.3) is 5.52 Å². The molecule has 23 heavy (non-hydrogen) atoms. The van der Waals surface area contributed by atoms with E-state index in [1.165, 1.54) is 4.91 Å². The van der Waals surface area contributed by atoms with Crippen LogP contribution in [-0.2, 0) is 0 Å². The van der Waals surface area contributed by atoms with Gasteiger partial charge in [0, 0.05) is 22.9 Å². The number of hydrogen-bond acceptors (Lipinski definition) is 5. The molecule has 0 aliphatic heterocycles. The Hall–Kier alpha value is -2.54. The van der Waals surface area contributed by atoms with Crippen molar-refractivity contribution in [2.45, 2.75) is 24.9 Å². The number of aryl methyl sites for hydroxylation is 1. The largest absolute Gasteiger partial charge is 0.322 e. The van der Waals surface area contributed by atoms with Crippen molar-refractivity contribution < 1.29 is 0 Å². The van der Waals surface area contributed by atoms with E-state index in [0.29, 0.717) is 5.16 Å². The lowest BCUT2D eigenvalue weighted by Gasteiger charge is -2.09. The second kappa shape index (κ2) is 5.92. The maximum Gasteiger partial charge on any atom is 0.214 e. The van der Waals surface area contributed by atoms with Crippen LogP contribution in [0.3, 0.4) is 0 Å². The molecule has 1 aliphatic carbocycles. The van der Waals surface area contributed by atoms with Crippen molar-refractivity contribution in [1.29, 1.82) is 0 Å². The van der Waals surface area contributed by atoms with Crippen LogP contribution in [0.15, 0.2) is 52.7 Å². The third-order valence-electron chi connectivity index (χ3n) is 3.49. The Morgan fingerprint density at radius 2 is 2.30 bits per heavy atom. The fraction of sp³-hybridized carbons (Fsp3) is 0.188. The van der Waals surface area contributed by atoms with Gasteiger partial charge in [-0.05, 0) is 43.7 Å². The number of rotatable bonds is 4. The lowest BCUT2D eigenvalue weighted by Crippen LogP contribution is -2.03. The normalized spacial score (nSPS) is 14.2. The predicted molar refractivity (Wildman–Crippen MR) is 91.9 cm³/mol. The van der Waals surface area contributed by atoms with Crippen LogP contribution in [0.2, 0.25) is 0 Å². The first-order valence-corrected chi connectivity index (χ1v) is 8.28. The molecule has 0 saturated heterocycles. The molecule has 3 heterocycles. The van der Waals surface area contributed by atoms with E-state index in [-0.39, 0.29) is 0 Å². The number of nitrogens with zero attached hydrogens (tertiary/aromatic N) is 4. The van der Waals surface area contributed by atoms with E-state index in [9.17, 15) is 0 Å². The first-order chi connectivity index (χ1) is 11.3. The molecule has 0 unspecified atom stereocenters. The summed E-state index contributed by atoms with van der Waals surface area (Å²) in [5.41, 5.74) is 1.92. The third kappa shape index (κ3) is 3.00. The Labute approximate surface area is 137 Å². The Bertz CT molecular complexity index is 904. The number of aromatic nitrogens is 5. The van der Waals surface area contributed by atoms with Crippen LogP contribution in [-0.4, -0.2) is 24.8 Å². The minimum absolute atomic E-state index is 0.709. The Kier molecular flexibility index (Phi) is 3.63. The number of aromatic amines is 1. The van der Waals surface area contributed by atoms with Gasteiger partial charge in [0.2, 0.25) is 5.16 Å². The van der Waals surface area contributed by atoms with E-state index in [1.807, 2.05) is 35.8 Å². The van der Waals surface area contributed by atoms with Crippen molar-refractivity contribution in [2.24, 2.45) is 0 Å². The van der Waals surface area contributed by atoms with Gasteiger partial charge in [-0.3, -0.25) is 5.10 Å². The predicted octanol–water partition coefficient (Wildman–Crippen LogP) is 3.83. The standard InChI is InChI=1S/C16H16N6S/c1-11-10-14(20-19-11)17-15-13-8-5-9-22(13)21-16(18-15)23-12-6-3-2-4-7-12/h3,5-10H,2,4H2,1H3,(H2,17,18,19,20,21). The van der Waals surface area contributed by atoms with Gasteiger partial charge in [-0.2, -0.15) is 5.10 Å². The summed E-state index contributed by atoms with van der Waals surface area (Å²) in [6.45, 7) is 1.97. The van der Waals surface area contributed by atoms with Gasteiger partial charge in [0.1, 0.15) is 5.52 Å². The summed E-state index contributed by atoms with van der Waals surface area (Å²) < 4.78 is 1.84. The van der Waals surface area contributed by atoms with Gasteiger partial charge in [-0.15, -0.1) is 5.10 Å². The van der Waals surface area contributed by atoms with Crippen molar-refractivity contribution in [3.63, 3.8) is 0 Å². The molecular formula is C16H16N6S. The van der Waals surface area contributed by atoms with Gasteiger partial charge >= 0.3 is 0 Å². The summed E-state index contributed by atoms with van der Waals surface area (Å²) in [5.74, 6) is 1.50. The molecule has 0 atom stereocenters. The first kappa shape index (κ1) is 14.1. The highest BCUT2D eigenvalue weighted by Crippen LogP contribution is 2.29. The van der Waals surface area contributed by atoms with Crippen LogP contribution >= 0.6 is 11.8 Å². The highest BCUT2D eigenvalue weighted by molar-refractivity contribution is 8.03. The molecule has 1 aliphatic rings. The maximum absolute atomic E-state index is 4.66. The van der Waals surface area contributed by atoms with Crippen molar-refractivity contribution in [1.82, 2.24) is 24.8 Å². The molecule has 7 heteroatoms. The number of allylic oxidation sites excluding steroid dienone is 3. The van der Waals surface area contributed by atoms with E-state index in [1.54, 1.807) is 11.8 Å². The molecule has 0 saturated carbocycles. The van der Waals surface area contributed by atoms with Gasteiger partial charge in [0.25, 0.3) is 0 Å². The van der Waals surface area contributed by atoms with Crippen LogP contribution in [0.1, 0.15) is 18.5 Å². The van der Waals surface area contributed by atoms with Crippen molar-refractivity contribution >= 4 is 28.9 Å². The van der Waals surface area contributed by atoms with E-state index >= 15 is 0 Å². The zero-order valence-electron chi connectivity index (χ0n) is 12.7. The summed E-state index contributed by atoms with van der Waals surface area (Å²) in [6, 6.07) is 5.88. The fourth-order valence-electron chi connectivity index (χ4n) is 2.42. The summed E-state index contributed by atoms with van der Waals surface area (Å²) in [7, 11) is 0. The number of fused-ring (bicyclic) bond motifs is 1. The van der Waals surface area contributed by atoms with E-state index in [0.717, 1.165) is 35.7 Å². The first-order valence-electron chi connectivity index (χ1n) is 7.47. The Morgan fingerprint density at radius 3 is 3.09 bits per heavy atom. The minimum atomic E-state index is 0.709. The smallest absolute Gasteiger partial charge is 0.214 e. The molecule has 0 bridgehead atoms. The second-order valence-corrected chi connectivity index (χ2v) is 6.37. The molecule has 0 spiro atoms.